The summed E-state index contributed by atoms with van der Waals surface area (Å²) >= 11 is 9.67. The number of unbranched alkanes of at least 4 members (excludes halogenated alkanes) is 1. The van der Waals surface area contributed by atoms with Crippen LogP contribution in [0.2, 0.25) is 5.02 Å². The van der Waals surface area contributed by atoms with E-state index in [0.717, 1.165) is 40.2 Å². The summed E-state index contributed by atoms with van der Waals surface area (Å²) in [5.41, 5.74) is 2.19. The third-order valence-electron chi connectivity index (χ3n) is 3.72. The molecule has 0 aliphatic heterocycles. The minimum Gasteiger partial charge on any atom is -0.490 e. The monoisotopic (exact) mass is 425 g/mol. The van der Waals surface area contributed by atoms with Crippen molar-refractivity contribution < 1.29 is 9.47 Å². The predicted molar refractivity (Wildman–Crippen MR) is 108 cm³/mol. The Bertz CT molecular complexity index is 679. The lowest BCUT2D eigenvalue weighted by Gasteiger charge is -2.15. The smallest absolute Gasteiger partial charge is 0.162 e. The molecule has 0 aromatic heterocycles. The van der Waals surface area contributed by atoms with Gasteiger partial charge < -0.3 is 14.8 Å². The number of nitrogens with one attached hydrogen (secondary N) is 1. The van der Waals surface area contributed by atoms with E-state index in [1.165, 1.54) is 12.8 Å². The third-order valence-corrected chi connectivity index (χ3v) is 4.69. The topological polar surface area (TPSA) is 30.5 Å². The minimum atomic E-state index is 0.446. The van der Waals surface area contributed by atoms with Gasteiger partial charge >= 0.3 is 0 Å². The summed E-state index contributed by atoms with van der Waals surface area (Å²) < 4.78 is 12.8. The van der Waals surface area contributed by atoms with Gasteiger partial charge in [-0.15, -0.1) is 0 Å². The average molecular weight is 427 g/mol. The first kappa shape index (κ1) is 20.1. The van der Waals surface area contributed by atoms with E-state index in [9.17, 15) is 0 Å². The number of rotatable bonds is 10. The molecule has 5 heteroatoms. The molecule has 0 bridgehead atoms. The molecule has 3 nitrogen and oxygen atoms in total. The molecule has 0 saturated heterocycles. The van der Waals surface area contributed by atoms with E-state index in [4.69, 9.17) is 21.1 Å². The molecule has 0 unspecified atom stereocenters. The molecule has 136 valence electrons. The third kappa shape index (κ3) is 6.53. The van der Waals surface area contributed by atoms with E-state index in [1.807, 2.05) is 43.3 Å². The number of hydrogen-bond donors (Lipinski definition) is 1. The fourth-order valence-electron chi connectivity index (χ4n) is 2.41. The Morgan fingerprint density at radius 3 is 2.60 bits per heavy atom. The summed E-state index contributed by atoms with van der Waals surface area (Å²) in [6.45, 7) is 7.02. The molecule has 0 amide bonds. The van der Waals surface area contributed by atoms with Crippen LogP contribution in [0.3, 0.4) is 0 Å². The van der Waals surface area contributed by atoms with Gasteiger partial charge in [0.15, 0.2) is 11.5 Å². The van der Waals surface area contributed by atoms with Gasteiger partial charge in [0, 0.05) is 16.0 Å². The SMILES string of the molecule is CCCCNCc1cc(OCC)c(OCc2cccc(Cl)c2)cc1Br. The number of benzene rings is 2. The maximum absolute atomic E-state index is 6.03. The Morgan fingerprint density at radius 1 is 1.08 bits per heavy atom. The van der Waals surface area contributed by atoms with Crippen LogP contribution in [-0.4, -0.2) is 13.2 Å². The number of ether oxygens (including phenoxy) is 2. The van der Waals surface area contributed by atoms with Gasteiger partial charge in [0.05, 0.1) is 6.61 Å². The summed E-state index contributed by atoms with van der Waals surface area (Å²) in [7, 11) is 0. The molecule has 0 aliphatic rings. The van der Waals surface area contributed by atoms with E-state index in [1.54, 1.807) is 0 Å². The molecular formula is C20H25BrClNO2. The first-order valence-electron chi connectivity index (χ1n) is 8.67. The zero-order valence-corrected chi connectivity index (χ0v) is 17.1. The highest BCUT2D eigenvalue weighted by atomic mass is 79.9. The first-order valence-corrected chi connectivity index (χ1v) is 9.84. The van der Waals surface area contributed by atoms with E-state index in [0.29, 0.717) is 18.2 Å². The van der Waals surface area contributed by atoms with Gasteiger partial charge in [-0.3, -0.25) is 0 Å². The van der Waals surface area contributed by atoms with Crippen LogP contribution in [0.5, 0.6) is 11.5 Å². The second kappa shape index (κ2) is 10.7. The molecule has 0 saturated carbocycles. The van der Waals surface area contributed by atoms with Crippen LogP contribution in [0.15, 0.2) is 40.9 Å². The van der Waals surface area contributed by atoms with Crippen LogP contribution in [0.4, 0.5) is 0 Å². The molecule has 0 fully saturated rings. The second-order valence-electron chi connectivity index (χ2n) is 5.77. The Kier molecular flexibility index (Phi) is 8.59. The predicted octanol–water partition coefficient (Wildman–Crippen LogP) is 5.97. The highest BCUT2D eigenvalue weighted by Gasteiger charge is 2.11. The van der Waals surface area contributed by atoms with Gasteiger partial charge in [0.25, 0.3) is 0 Å². The van der Waals surface area contributed by atoms with Crippen molar-refractivity contribution in [1.82, 2.24) is 5.32 Å². The molecule has 0 heterocycles. The zero-order chi connectivity index (χ0) is 18.1. The lowest BCUT2D eigenvalue weighted by Crippen LogP contribution is -2.15. The van der Waals surface area contributed by atoms with Crippen LogP contribution in [0.25, 0.3) is 0 Å². The summed E-state index contributed by atoms with van der Waals surface area (Å²) in [5, 5.41) is 4.16. The Morgan fingerprint density at radius 2 is 1.88 bits per heavy atom. The van der Waals surface area contributed by atoms with Crippen molar-refractivity contribution in [3.05, 3.63) is 57.0 Å². The van der Waals surface area contributed by atoms with Gasteiger partial charge in [0.1, 0.15) is 6.61 Å². The van der Waals surface area contributed by atoms with Crippen LogP contribution in [-0.2, 0) is 13.2 Å². The van der Waals surface area contributed by atoms with Crippen molar-refractivity contribution >= 4 is 27.5 Å². The van der Waals surface area contributed by atoms with Crippen molar-refractivity contribution in [3.8, 4) is 11.5 Å². The van der Waals surface area contributed by atoms with Crippen LogP contribution in [0, 0.1) is 0 Å². The molecule has 0 radical (unpaired) electrons. The molecule has 2 aromatic carbocycles. The van der Waals surface area contributed by atoms with Gasteiger partial charge in [0.2, 0.25) is 0 Å². The highest BCUT2D eigenvalue weighted by molar-refractivity contribution is 9.10. The van der Waals surface area contributed by atoms with E-state index < -0.39 is 0 Å². The molecule has 25 heavy (non-hydrogen) atoms. The molecule has 0 spiro atoms. The minimum absolute atomic E-state index is 0.446. The first-order chi connectivity index (χ1) is 12.1. The summed E-state index contributed by atoms with van der Waals surface area (Å²) in [6.07, 6.45) is 2.37. The van der Waals surface area contributed by atoms with Gasteiger partial charge in [-0.25, -0.2) is 0 Å². The Labute approximate surface area is 163 Å². The fraction of sp³-hybridized carbons (Fsp3) is 0.400. The van der Waals surface area contributed by atoms with Crippen LogP contribution < -0.4 is 14.8 Å². The van der Waals surface area contributed by atoms with Gasteiger partial charge in [-0.05, 0) is 55.3 Å². The van der Waals surface area contributed by atoms with Crippen molar-refractivity contribution in [3.63, 3.8) is 0 Å². The maximum atomic E-state index is 6.03. The number of hydrogen-bond acceptors (Lipinski definition) is 3. The van der Waals surface area contributed by atoms with Gasteiger partial charge in [-0.1, -0.05) is 53.0 Å². The van der Waals surface area contributed by atoms with Crippen molar-refractivity contribution in [1.29, 1.82) is 0 Å². The number of halogens is 2. The van der Waals surface area contributed by atoms with Crippen LogP contribution >= 0.6 is 27.5 Å². The fourth-order valence-corrected chi connectivity index (χ4v) is 3.08. The van der Waals surface area contributed by atoms with Crippen LogP contribution in [0.1, 0.15) is 37.8 Å². The Hall–Kier alpha value is -1.23. The summed E-state index contributed by atoms with van der Waals surface area (Å²) in [5.74, 6) is 1.49. The van der Waals surface area contributed by atoms with Crippen molar-refractivity contribution in [2.45, 2.75) is 39.8 Å². The standard InChI is InChI=1S/C20H25BrClNO2/c1-3-5-9-23-13-16-11-19(24-4-2)20(12-18(16)21)25-14-15-7-6-8-17(22)10-15/h6-8,10-12,23H,3-5,9,13-14H2,1-2H3. The quantitative estimate of drug-likeness (QED) is 0.475. The largest absolute Gasteiger partial charge is 0.490 e. The zero-order valence-electron chi connectivity index (χ0n) is 14.8. The van der Waals surface area contributed by atoms with Crippen molar-refractivity contribution in [2.24, 2.45) is 0 Å². The molecule has 1 N–H and O–H groups in total. The highest BCUT2D eigenvalue weighted by Crippen LogP contribution is 2.34. The second-order valence-corrected chi connectivity index (χ2v) is 7.06. The van der Waals surface area contributed by atoms with E-state index in [2.05, 4.69) is 28.2 Å². The molecule has 0 atom stereocenters. The molecule has 0 aliphatic carbocycles. The van der Waals surface area contributed by atoms with Gasteiger partial charge in [-0.2, -0.15) is 0 Å². The average Bonchev–Trinajstić information content (AvgIpc) is 2.60. The van der Waals surface area contributed by atoms with E-state index >= 15 is 0 Å². The molecular weight excluding hydrogens is 402 g/mol. The normalized spacial score (nSPS) is 10.7. The summed E-state index contributed by atoms with van der Waals surface area (Å²) in [6, 6.07) is 11.7. The maximum Gasteiger partial charge on any atom is 0.162 e. The Balaban J connectivity index is 2.09. The van der Waals surface area contributed by atoms with Crippen molar-refractivity contribution in [2.75, 3.05) is 13.2 Å². The van der Waals surface area contributed by atoms with E-state index in [-0.39, 0.29) is 0 Å². The molecule has 2 rings (SSSR count). The summed E-state index contributed by atoms with van der Waals surface area (Å²) in [4.78, 5) is 0. The molecule has 2 aromatic rings. The lowest BCUT2D eigenvalue weighted by atomic mass is 10.2. The lowest BCUT2D eigenvalue weighted by molar-refractivity contribution is 0.269.